The van der Waals surface area contributed by atoms with Crippen molar-refractivity contribution in [2.45, 2.75) is 45.2 Å². The van der Waals surface area contributed by atoms with E-state index in [4.69, 9.17) is 0 Å². The summed E-state index contributed by atoms with van der Waals surface area (Å²) in [7, 11) is 0. The molecule has 5 nitrogen and oxygen atoms in total. The molecule has 1 amide bonds. The maximum atomic E-state index is 11.4. The zero-order valence-electron chi connectivity index (χ0n) is 13.4. The standard InChI is InChI=1S/C17H26N4O/c1-14(22)20-9-11-21(12-10-20)17-15(5-4-8-18-17)13-19-16-6-2-3-7-16/h4-5,8,16,19H,2-3,6-7,9-13H2,1H3. The molecule has 0 atom stereocenters. The molecule has 2 fully saturated rings. The number of rotatable bonds is 4. The lowest BCUT2D eigenvalue weighted by molar-refractivity contribution is -0.129. The summed E-state index contributed by atoms with van der Waals surface area (Å²) in [6.45, 7) is 5.86. The topological polar surface area (TPSA) is 48.5 Å². The lowest BCUT2D eigenvalue weighted by atomic mass is 10.2. The van der Waals surface area contributed by atoms with Crippen LogP contribution in [0.5, 0.6) is 0 Å². The molecule has 3 rings (SSSR count). The quantitative estimate of drug-likeness (QED) is 0.921. The maximum Gasteiger partial charge on any atom is 0.219 e. The van der Waals surface area contributed by atoms with E-state index in [1.54, 1.807) is 6.92 Å². The number of nitrogens with zero attached hydrogens (tertiary/aromatic N) is 3. The van der Waals surface area contributed by atoms with Gasteiger partial charge in [0.1, 0.15) is 5.82 Å². The molecule has 1 aromatic rings. The van der Waals surface area contributed by atoms with Crippen LogP contribution in [0.1, 0.15) is 38.2 Å². The summed E-state index contributed by atoms with van der Waals surface area (Å²) in [5.74, 6) is 1.25. The summed E-state index contributed by atoms with van der Waals surface area (Å²) < 4.78 is 0. The van der Waals surface area contributed by atoms with Crippen LogP contribution in [-0.2, 0) is 11.3 Å². The van der Waals surface area contributed by atoms with Crippen LogP contribution in [0.4, 0.5) is 5.82 Å². The largest absolute Gasteiger partial charge is 0.353 e. The summed E-state index contributed by atoms with van der Waals surface area (Å²) in [6, 6.07) is 4.85. The maximum absolute atomic E-state index is 11.4. The van der Waals surface area contributed by atoms with Crippen LogP contribution >= 0.6 is 0 Å². The predicted octanol–water partition coefficient (Wildman–Crippen LogP) is 1.78. The van der Waals surface area contributed by atoms with E-state index < -0.39 is 0 Å². The molecule has 2 aliphatic rings. The highest BCUT2D eigenvalue weighted by molar-refractivity contribution is 5.73. The molecule has 1 aliphatic heterocycles. The second-order valence-corrected chi connectivity index (χ2v) is 6.34. The van der Waals surface area contributed by atoms with Crippen molar-refractivity contribution in [1.29, 1.82) is 0 Å². The first-order chi connectivity index (χ1) is 10.7. The second-order valence-electron chi connectivity index (χ2n) is 6.34. The molecule has 1 saturated carbocycles. The van der Waals surface area contributed by atoms with Crippen LogP contribution in [0.3, 0.4) is 0 Å². The van der Waals surface area contributed by atoms with Gasteiger partial charge in [0.25, 0.3) is 0 Å². The molecular formula is C17H26N4O. The Labute approximate surface area is 132 Å². The van der Waals surface area contributed by atoms with Crippen LogP contribution < -0.4 is 10.2 Å². The lowest BCUT2D eigenvalue weighted by Gasteiger charge is -2.35. The van der Waals surface area contributed by atoms with E-state index in [0.29, 0.717) is 6.04 Å². The summed E-state index contributed by atoms with van der Waals surface area (Å²) >= 11 is 0. The van der Waals surface area contributed by atoms with Crippen molar-refractivity contribution in [3.8, 4) is 0 Å². The molecule has 0 spiro atoms. The fourth-order valence-electron chi connectivity index (χ4n) is 3.47. The minimum absolute atomic E-state index is 0.170. The molecule has 1 N–H and O–H groups in total. The highest BCUT2D eigenvalue weighted by atomic mass is 16.2. The number of hydrogen-bond acceptors (Lipinski definition) is 4. The van der Waals surface area contributed by atoms with Gasteiger partial charge in [-0.25, -0.2) is 4.98 Å². The summed E-state index contributed by atoms with van der Waals surface area (Å²) in [5.41, 5.74) is 1.27. The van der Waals surface area contributed by atoms with E-state index in [9.17, 15) is 4.79 Å². The summed E-state index contributed by atoms with van der Waals surface area (Å²) in [6.07, 6.45) is 7.17. The molecular weight excluding hydrogens is 276 g/mol. The van der Waals surface area contributed by atoms with Gasteiger partial charge in [0.15, 0.2) is 0 Å². The van der Waals surface area contributed by atoms with Crippen LogP contribution in [-0.4, -0.2) is 48.0 Å². The van der Waals surface area contributed by atoms with Crippen molar-refractivity contribution in [1.82, 2.24) is 15.2 Å². The van der Waals surface area contributed by atoms with E-state index in [2.05, 4.69) is 21.3 Å². The van der Waals surface area contributed by atoms with Gasteiger partial charge in [-0.2, -0.15) is 0 Å². The molecule has 0 aromatic carbocycles. The van der Waals surface area contributed by atoms with E-state index in [1.165, 1.54) is 31.2 Å². The monoisotopic (exact) mass is 302 g/mol. The average molecular weight is 302 g/mol. The Balaban J connectivity index is 1.62. The van der Waals surface area contributed by atoms with E-state index in [1.807, 2.05) is 17.2 Å². The SMILES string of the molecule is CC(=O)N1CCN(c2ncccc2CNC2CCCC2)CC1. The number of carbonyl (C=O) groups is 1. The normalized spacial score (nSPS) is 19.7. The van der Waals surface area contributed by atoms with Crippen molar-refractivity contribution in [2.24, 2.45) is 0 Å². The molecule has 0 unspecified atom stereocenters. The van der Waals surface area contributed by atoms with Crippen molar-refractivity contribution in [3.05, 3.63) is 23.9 Å². The first-order valence-corrected chi connectivity index (χ1v) is 8.42. The number of piperazine rings is 1. The van der Waals surface area contributed by atoms with Gasteiger partial charge < -0.3 is 15.1 Å². The molecule has 1 aliphatic carbocycles. The van der Waals surface area contributed by atoms with Gasteiger partial charge in [0.2, 0.25) is 5.91 Å². The fourth-order valence-corrected chi connectivity index (χ4v) is 3.47. The Morgan fingerprint density at radius 2 is 2.00 bits per heavy atom. The van der Waals surface area contributed by atoms with Gasteiger partial charge in [0.05, 0.1) is 0 Å². The number of anilines is 1. The van der Waals surface area contributed by atoms with Gasteiger partial charge in [-0.15, -0.1) is 0 Å². The molecule has 5 heteroatoms. The first kappa shape index (κ1) is 15.3. The average Bonchev–Trinajstić information content (AvgIpc) is 3.07. The third-order valence-electron chi connectivity index (χ3n) is 4.83. The number of nitrogens with one attached hydrogen (secondary N) is 1. The Morgan fingerprint density at radius 3 is 2.68 bits per heavy atom. The molecule has 0 radical (unpaired) electrons. The molecule has 2 heterocycles. The van der Waals surface area contributed by atoms with Crippen LogP contribution in [0.25, 0.3) is 0 Å². The number of aromatic nitrogens is 1. The van der Waals surface area contributed by atoms with E-state index >= 15 is 0 Å². The number of amides is 1. The van der Waals surface area contributed by atoms with Crippen molar-refractivity contribution >= 4 is 11.7 Å². The zero-order valence-corrected chi connectivity index (χ0v) is 13.4. The third kappa shape index (κ3) is 3.58. The van der Waals surface area contributed by atoms with Gasteiger partial charge in [-0.3, -0.25) is 4.79 Å². The van der Waals surface area contributed by atoms with Crippen molar-refractivity contribution in [2.75, 3.05) is 31.1 Å². The Bertz CT molecular complexity index is 505. The van der Waals surface area contributed by atoms with Crippen LogP contribution in [0, 0.1) is 0 Å². The molecule has 1 saturated heterocycles. The Hall–Kier alpha value is -1.62. The van der Waals surface area contributed by atoms with E-state index in [-0.39, 0.29) is 5.91 Å². The minimum Gasteiger partial charge on any atom is -0.353 e. The van der Waals surface area contributed by atoms with Gasteiger partial charge in [0, 0.05) is 57.4 Å². The highest BCUT2D eigenvalue weighted by Gasteiger charge is 2.22. The highest BCUT2D eigenvalue weighted by Crippen LogP contribution is 2.21. The van der Waals surface area contributed by atoms with Crippen molar-refractivity contribution in [3.63, 3.8) is 0 Å². The first-order valence-electron chi connectivity index (χ1n) is 8.42. The number of pyridine rings is 1. The second kappa shape index (κ2) is 7.09. The van der Waals surface area contributed by atoms with E-state index in [0.717, 1.165) is 38.5 Å². The number of hydrogen-bond donors (Lipinski definition) is 1. The Morgan fingerprint density at radius 1 is 1.27 bits per heavy atom. The molecule has 120 valence electrons. The smallest absolute Gasteiger partial charge is 0.219 e. The lowest BCUT2D eigenvalue weighted by Crippen LogP contribution is -2.48. The van der Waals surface area contributed by atoms with Gasteiger partial charge in [-0.1, -0.05) is 18.9 Å². The van der Waals surface area contributed by atoms with Crippen LogP contribution in [0.15, 0.2) is 18.3 Å². The molecule has 1 aromatic heterocycles. The third-order valence-corrected chi connectivity index (χ3v) is 4.83. The fraction of sp³-hybridized carbons (Fsp3) is 0.647. The zero-order chi connectivity index (χ0) is 15.4. The van der Waals surface area contributed by atoms with Gasteiger partial charge >= 0.3 is 0 Å². The van der Waals surface area contributed by atoms with Crippen LogP contribution in [0.2, 0.25) is 0 Å². The predicted molar refractivity (Wildman–Crippen MR) is 87.8 cm³/mol. The number of carbonyl (C=O) groups excluding carboxylic acids is 1. The molecule has 22 heavy (non-hydrogen) atoms. The Kier molecular flexibility index (Phi) is 4.93. The van der Waals surface area contributed by atoms with Crippen molar-refractivity contribution < 1.29 is 4.79 Å². The minimum atomic E-state index is 0.170. The summed E-state index contributed by atoms with van der Waals surface area (Å²) in [5, 5.41) is 3.67. The summed E-state index contributed by atoms with van der Waals surface area (Å²) in [4.78, 5) is 20.3. The van der Waals surface area contributed by atoms with Gasteiger partial charge in [-0.05, 0) is 18.9 Å². The molecule has 0 bridgehead atoms.